The van der Waals surface area contributed by atoms with Gasteiger partial charge < -0.3 is 19.9 Å². The van der Waals surface area contributed by atoms with Gasteiger partial charge >= 0.3 is 0 Å². The van der Waals surface area contributed by atoms with Gasteiger partial charge in [-0.3, -0.25) is 14.7 Å². The van der Waals surface area contributed by atoms with Crippen LogP contribution in [0.5, 0.6) is 5.75 Å². The lowest BCUT2D eigenvalue weighted by atomic mass is 10.2. The van der Waals surface area contributed by atoms with Crippen molar-refractivity contribution in [2.24, 2.45) is 4.99 Å². The molecule has 0 saturated carbocycles. The summed E-state index contributed by atoms with van der Waals surface area (Å²) in [5, 5.41) is 3.48. The molecule has 1 unspecified atom stereocenters. The van der Waals surface area contributed by atoms with E-state index < -0.39 is 0 Å². The third-order valence-corrected chi connectivity index (χ3v) is 5.97. The number of hydrogen-bond donors (Lipinski definition) is 1. The molecule has 1 N–H and O–H groups in total. The van der Waals surface area contributed by atoms with Crippen molar-refractivity contribution in [1.82, 2.24) is 20.0 Å². The Morgan fingerprint density at radius 3 is 2.53 bits per heavy atom. The highest BCUT2D eigenvalue weighted by Gasteiger charge is 2.30. The summed E-state index contributed by atoms with van der Waals surface area (Å²) in [5.74, 6) is 2.11. The van der Waals surface area contributed by atoms with Crippen LogP contribution in [0.1, 0.15) is 38.7 Å². The van der Waals surface area contributed by atoms with Crippen molar-refractivity contribution in [2.45, 2.75) is 45.7 Å². The van der Waals surface area contributed by atoms with Crippen LogP contribution in [-0.2, 0) is 11.3 Å². The number of hydrogen-bond acceptors (Lipinski definition) is 4. The van der Waals surface area contributed by atoms with Gasteiger partial charge in [0.2, 0.25) is 5.91 Å². The average molecular weight is 416 g/mol. The third-order valence-electron chi connectivity index (χ3n) is 5.97. The van der Waals surface area contributed by atoms with Crippen LogP contribution in [0.2, 0.25) is 0 Å². The number of ether oxygens (including phenoxy) is 1. The molecule has 3 rings (SSSR count). The van der Waals surface area contributed by atoms with Gasteiger partial charge in [0.25, 0.3) is 0 Å². The van der Waals surface area contributed by atoms with Gasteiger partial charge in [-0.1, -0.05) is 19.1 Å². The fourth-order valence-electron chi connectivity index (χ4n) is 4.16. The minimum atomic E-state index is -0.0360. The second-order valence-corrected chi connectivity index (χ2v) is 8.13. The first-order valence-electron chi connectivity index (χ1n) is 11.3. The number of nitrogens with one attached hydrogen (secondary N) is 1. The van der Waals surface area contributed by atoms with Crippen LogP contribution in [0.4, 0.5) is 0 Å². The van der Waals surface area contributed by atoms with Crippen LogP contribution in [0, 0.1) is 0 Å². The highest BCUT2D eigenvalue weighted by Crippen LogP contribution is 2.15. The molecule has 0 radical (unpaired) electrons. The predicted molar refractivity (Wildman–Crippen MR) is 121 cm³/mol. The Morgan fingerprint density at radius 2 is 1.87 bits per heavy atom. The molecule has 2 aliphatic heterocycles. The standard InChI is InChI=1S/C23H37N5O2/c1-4-16-30-21-9-7-8-20(17-21)18-25-23(24-3)28-14-12-26(13-15-28)19(2)22(29)27-10-5-6-11-27/h7-9,17,19H,4-6,10-16,18H2,1-3H3,(H,24,25). The summed E-state index contributed by atoms with van der Waals surface area (Å²) in [6.07, 6.45) is 3.28. The molecule has 2 heterocycles. The summed E-state index contributed by atoms with van der Waals surface area (Å²) >= 11 is 0. The molecule has 2 aliphatic rings. The zero-order valence-corrected chi connectivity index (χ0v) is 18.8. The molecule has 30 heavy (non-hydrogen) atoms. The zero-order valence-electron chi connectivity index (χ0n) is 18.8. The number of carbonyl (C=O) groups is 1. The number of amides is 1. The summed E-state index contributed by atoms with van der Waals surface area (Å²) in [6.45, 7) is 10.9. The number of nitrogens with zero attached hydrogens (tertiary/aromatic N) is 4. The van der Waals surface area contributed by atoms with E-state index in [1.54, 1.807) is 0 Å². The zero-order chi connectivity index (χ0) is 21.3. The predicted octanol–water partition coefficient (Wildman–Crippen LogP) is 2.18. The molecule has 166 valence electrons. The first-order chi connectivity index (χ1) is 14.6. The van der Waals surface area contributed by atoms with Crippen molar-refractivity contribution in [3.63, 3.8) is 0 Å². The van der Waals surface area contributed by atoms with E-state index in [4.69, 9.17) is 4.74 Å². The number of rotatable bonds is 7. The smallest absolute Gasteiger partial charge is 0.239 e. The molecule has 0 bridgehead atoms. The second-order valence-electron chi connectivity index (χ2n) is 8.13. The van der Waals surface area contributed by atoms with Crippen LogP contribution in [-0.4, -0.2) is 85.5 Å². The van der Waals surface area contributed by atoms with Crippen LogP contribution in [0.15, 0.2) is 29.3 Å². The summed E-state index contributed by atoms with van der Waals surface area (Å²) in [5.41, 5.74) is 1.17. The van der Waals surface area contributed by atoms with Crippen molar-refractivity contribution < 1.29 is 9.53 Å². The number of piperazine rings is 1. The number of aliphatic imine (C=N–C) groups is 1. The number of guanidine groups is 1. The molecule has 1 aromatic carbocycles. The molecule has 0 aliphatic carbocycles. The van der Waals surface area contributed by atoms with Crippen molar-refractivity contribution >= 4 is 11.9 Å². The van der Waals surface area contributed by atoms with Crippen molar-refractivity contribution in [3.8, 4) is 5.75 Å². The Kier molecular flexibility index (Phi) is 8.37. The molecule has 0 aromatic heterocycles. The second kappa shape index (κ2) is 11.2. The molecule has 0 spiro atoms. The monoisotopic (exact) mass is 415 g/mol. The van der Waals surface area contributed by atoms with Crippen molar-refractivity contribution in [2.75, 3.05) is 52.9 Å². The molecule has 2 saturated heterocycles. The first kappa shape index (κ1) is 22.4. The maximum atomic E-state index is 12.7. The fourth-order valence-corrected chi connectivity index (χ4v) is 4.16. The molecule has 7 nitrogen and oxygen atoms in total. The van der Waals surface area contributed by atoms with Crippen LogP contribution in [0.25, 0.3) is 0 Å². The highest BCUT2D eigenvalue weighted by atomic mass is 16.5. The van der Waals surface area contributed by atoms with E-state index in [1.807, 2.05) is 24.1 Å². The molecular formula is C23H37N5O2. The van der Waals surface area contributed by atoms with E-state index in [0.29, 0.717) is 6.54 Å². The van der Waals surface area contributed by atoms with E-state index in [2.05, 4.69) is 46.1 Å². The van der Waals surface area contributed by atoms with E-state index in [-0.39, 0.29) is 11.9 Å². The summed E-state index contributed by atoms with van der Waals surface area (Å²) in [6, 6.07) is 8.17. The SMILES string of the molecule is CCCOc1cccc(CNC(=NC)N2CCN(C(C)C(=O)N3CCCC3)CC2)c1. The lowest BCUT2D eigenvalue weighted by molar-refractivity contribution is -0.135. The summed E-state index contributed by atoms with van der Waals surface area (Å²) in [7, 11) is 1.83. The molecule has 1 amide bonds. The largest absolute Gasteiger partial charge is 0.494 e. The Hall–Kier alpha value is -2.28. The number of benzene rings is 1. The molecule has 2 fully saturated rings. The van der Waals surface area contributed by atoms with Gasteiger partial charge in [0.05, 0.1) is 12.6 Å². The highest BCUT2D eigenvalue weighted by molar-refractivity contribution is 5.82. The Morgan fingerprint density at radius 1 is 1.13 bits per heavy atom. The van der Waals surface area contributed by atoms with Gasteiger partial charge in [-0.25, -0.2) is 0 Å². The van der Waals surface area contributed by atoms with Crippen molar-refractivity contribution in [3.05, 3.63) is 29.8 Å². The van der Waals surface area contributed by atoms with Gasteiger partial charge in [0.15, 0.2) is 5.96 Å². The van der Waals surface area contributed by atoms with Gasteiger partial charge in [0.1, 0.15) is 5.75 Å². The van der Waals surface area contributed by atoms with Gasteiger partial charge in [0, 0.05) is 52.9 Å². The Bertz CT molecular complexity index is 709. The summed E-state index contributed by atoms with van der Waals surface area (Å²) in [4.78, 5) is 23.8. The van der Waals surface area contributed by atoms with Gasteiger partial charge in [-0.2, -0.15) is 0 Å². The van der Waals surface area contributed by atoms with Gasteiger partial charge in [-0.05, 0) is 43.9 Å². The van der Waals surface area contributed by atoms with E-state index >= 15 is 0 Å². The van der Waals surface area contributed by atoms with E-state index in [1.165, 1.54) is 5.56 Å². The van der Waals surface area contributed by atoms with E-state index in [0.717, 1.165) is 76.8 Å². The number of carbonyl (C=O) groups excluding carboxylic acids is 1. The lowest BCUT2D eigenvalue weighted by Crippen LogP contribution is -2.57. The molecular weight excluding hydrogens is 378 g/mol. The Labute approximate surface area is 181 Å². The topological polar surface area (TPSA) is 60.4 Å². The minimum absolute atomic E-state index is 0.0360. The minimum Gasteiger partial charge on any atom is -0.494 e. The normalized spacial score (nSPS) is 19.1. The van der Waals surface area contributed by atoms with Crippen LogP contribution >= 0.6 is 0 Å². The van der Waals surface area contributed by atoms with Gasteiger partial charge in [-0.15, -0.1) is 0 Å². The lowest BCUT2D eigenvalue weighted by Gasteiger charge is -2.39. The quantitative estimate of drug-likeness (QED) is 0.546. The number of likely N-dealkylation sites (tertiary alicyclic amines) is 1. The molecule has 1 aromatic rings. The maximum Gasteiger partial charge on any atom is 0.239 e. The van der Waals surface area contributed by atoms with Crippen molar-refractivity contribution in [1.29, 1.82) is 0 Å². The molecule has 7 heteroatoms. The first-order valence-corrected chi connectivity index (χ1v) is 11.3. The van der Waals surface area contributed by atoms with E-state index in [9.17, 15) is 4.79 Å². The fraction of sp³-hybridized carbons (Fsp3) is 0.652. The van der Waals surface area contributed by atoms with Crippen LogP contribution < -0.4 is 10.1 Å². The van der Waals surface area contributed by atoms with Crippen LogP contribution in [0.3, 0.4) is 0 Å². The average Bonchev–Trinajstić information content (AvgIpc) is 3.33. The molecule has 1 atom stereocenters. The Balaban J connectivity index is 1.47. The summed E-state index contributed by atoms with van der Waals surface area (Å²) < 4.78 is 5.73. The maximum absolute atomic E-state index is 12.7. The third kappa shape index (κ3) is 5.88.